The summed E-state index contributed by atoms with van der Waals surface area (Å²) in [5, 5.41) is 21.9. The van der Waals surface area contributed by atoms with Crippen molar-refractivity contribution in [2.45, 2.75) is 32.0 Å². The van der Waals surface area contributed by atoms with E-state index in [1.165, 1.54) is 24.3 Å². The van der Waals surface area contributed by atoms with Crippen LogP contribution in [0.1, 0.15) is 42.6 Å². The van der Waals surface area contributed by atoms with Crippen molar-refractivity contribution in [3.8, 4) is 11.5 Å². The van der Waals surface area contributed by atoms with Gasteiger partial charge >= 0.3 is 0 Å². The van der Waals surface area contributed by atoms with Crippen LogP contribution in [0.2, 0.25) is 0 Å². The van der Waals surface area contributed by atoms with E-state index >= 15 is 0 Å². The average molecular weight is 602 g/mol. The zero-order valence-electron chi connectivity index (χ0n) is 25.3. The molecule has 44 heavy (non-hydrogen) atoms. The molecule has 1 amide bonds. The number of likely N-dealkylation sites (tertiary alicyclic amines) is 1. The van der Waals surface area contributed by atoms with E-state index < -0.39 is 6.16 Å². The molecule has 1 fully saturated rings. The highest BCUT2D eigenvalue weighted by Gasteiger charge is 2.24. The van der Waals surface area contributed by atoms with E-state index in [1.54, 1.807) is 37.3 Å². The number of hydrogen-bond acceptors (Lipinski definition) is 8. The maximum Gasteiger partial charge on any atom is 0.251 e. The fourth-order valence-electron chi connectivity index (χ4n) is 4.69. The number of hydrogen-bond donors (Lipinski definition) is 2. The predicted molar refractivity (Wildman–Crippen MR) is 168 cm³/mol. The van der Waals surface area contributed by atoms with Crippen molar-refractivity contribution in [2.75, 3.05) is 39.9 Å². The first kappa shape index (κ1) is 33.9. The summed E-state index contributed by atoms with van der Waals surface area (Å²) in [6, 6.07) is 25.9. The first-order chi connectivity index (χ1) is 21.4. The second-order valence-corrected chi connectivity index (χ2v) is 10.0. The van der Waals surface area contributed by atoms with Crippen LogP contribution in [0.4, 0.5) is 4.79 Å². The van der Waals surface area contributed by atoms with Gasteiger partial charge in [-0.1, -0.05) is 85.0 Å². The van der Waals surface area contributed by atoms with Gasteiger partial charge < -0.3 is 39.4 Å². The number of allylic oxidation sites excluding steroid dienone is 2. The Balaban J connectivity index is 0.000000801. The van der Waals surface area contributed by atoms with Crippen LogP contribution >= 0.6 is 0 Å². The molecule has 2 N–H and O–H groups in total. The summed E-state index contributed by atoms with van der Waals surface area (Å²) in [6.45, 7) is 5.07. The van der Waals surface area contributed by atoms with E-state index in [9.17, 15) is 19.8 Å². The summed E-state index contributed by atoms with van der Waals surface area (Å²) in [5.41, 5.74) is 3.22. The molecule has 0 aromatic heterocycles. The fraction of sp³-hybridized carbons (Fsp3) is 0.314. The third-order valence-electron chi connectivity index (χ3n) is 6.91. The monoisotopic (exact) mass is 601 g/mol. The number of aromatic hydroxyl groups is 1. The zero-order chi connectivity index (χ0) is 31.6. The molecule has 0 aliphatic carbocycles. The van der Waals surface area contributed by atoms with Gasteiger partial charge in [-0.2, -0.15) is 0 Å². The lowest BCUT2D eigenvalue weighted by atomic mass is 10.00. The number of benzene rings is 3. The van der Waals surface area contributed by atoms with Gasteiger partial charge in [0.05, 0.1) is 13.2 Å². The second-order valence-electron chi connectivity index (χ2n) is 10.0. The van der Waals surface area contributed by atoms with Crippen molar-refractivity contribution in [3.05, 3.63) is 114 Å². The summed E-state index contributed by atoms with van der Waals surface area (Å²) >= 11 is 0. The third-order valence-corrected chi connectivity index (χ3v) is 6.91. The third kappa shape index (κ3) is 11.9. The van der Waals surface area contributed by atoms with Crippen molar-refractivity contribution in [1.82, 2.24) is 10.2 Å². The van der Waals surface area contributed by atoms with Crippen LogP contribution in [-0.2, 0) is 14.3 Å². The number of phenols is 1. The van der Waals surface area contributed by atoms with E-state index in [-0.39, 0.29) is 30.5 Å². The van der Waals surface area contributed by atoms with Gasteiger partial charge in [-0.25, -0.2) is 0 Å². The van der Waals surface area contributed by atoms with Crippen LogP contribution in [0.5, 0.6) is 11.5 Å². The Labute approximate surface area is 259 Å². The van der Waals surface area contributed by atoms with Crippen LogP contribution in [0, 0.1) is 0 Å². The number of piperidine rings is 1. The van der Waals surface area contributed by atoms with Gasteiger partial charge in [-0.3, -0.25) is 4.79 Å². The molecule has 234 valence electrons. The number of carbonyl (C=O) groups excluding carboxylic acids is 2. The molecule has 0 unspecified atom stereocenters. The number of carbonyl (C=O) groups is 2. The highest BCUT2D eigenvalue weighted by atomic mass is 16.7. The summed E-state index contributed by atoms with van der Waals surface area (Å²) in [6.07, 6.45) is 7.46. The largest absolute Gasteiger partial charge is 0.550 e. The maximum atomic E-state index is 12.2. The number of rotatable bonds is 12. The van der Waals surface area contributed by atoms with Crippen LogP contribution in [0.3, 0.4) is 0 Å². The smallest absolute Gasteiger partial charge is 0.251 e. The number of carboxylic acid groups (broad SMARTS) is 1. The van der Waals surface area contributed by atoms with Gasteiger partial charge in [-0.15, -0.1) is 0 Å². The Morgan fingerprint density at radius 3 is 2.18 bits per heavy atom. The molecule has 9 nitrogen and oxygen atoms in total. The Morgan fingerprint density at radius 2 is 1.64 bits per heavy atom. The Hall–Kier alpha value is -4.60. The fourth-order valence-corrected chi connectivity index (χ4v) is 4.69. The van der Waals surface area contributed by atoms with Crippen LogP contribution in [-0.4, -0.2) is 68.1 Å². The molecule has 4 rings (SSSR count). The normalized spacial score (nSPS) is 13.9. The van der Waals surface area contributed by atoms with E-state index in [2.05, 4.69) is 63.5 Å². The topological polar surface area (TPSA) is 120 Å². The number of methoxy groups -OCH3 is 1. The summed E-state index contributed by atoms with van der Waals surface area (Å²) in [7, 11) is 1.51. The van der Waals surface area contributed by atoms with E-state index in [0.717, 1.165) is 38.0 Å². The van der Waals surface area contributed by atoms with E-state index in [0.29, 0.717) is 12.3 Å². The molecule has 1 aliphatic heterocycles. The van der Waals surface area contributed by atoms with E-state index in [1.807, 2.05) is 18.2 Å². The number of ether oxygens (including phenoxy) is 3. The second kappa shape index (κ2) is 18.8. The van der Waals surface area contributed by atoms with Crippen molar-refractivity contribution in [1.29, 1.82) is 0 Å². The van der Waals surface area contributed by atoms with Gasteiger partial charge in [0.1, 0.15) is 6.10 Å². The maximum absolute atomic E-state index is 12.2. The first-order valence-corrected chi connectivity index (χ1v) is 14.7. The lowest BCUT2D eigenvalue weighted by Gasteiger charge is -2.34. The Bertz CT molecular complexity index is 1300. The molecular formula is C35H41N2O7-. The molecule has 9 heteroatoms. The highest BCUT2D eigenvalue weighted by Crippen LogP contribution is 2.30. The molecular weight excluding hydrogens is 560 g/mol. The molecule has 0 bridgehead atoms. The molecule has 0 atom stereocenters. The summed E-state index contributed by atoms with van der Waals surface area (Å²) < 4.78 is 15.6. The molecule has 3 aromatic carbocycles. The quantitative estimate of drug-likeness (QED) is 0.174. The van der Waals surface area contributed by atoms with Crippen molar-refractivity contribution in [2.24, 2.45) is 0 Å². The lowest BCUT2D eigenvalue weighted by Crippen LogP contribution is -2.41. The first-order valence-electron chi connectivity index (χ1n) is 14.7. The molecule has 3 aromatic rings. The molecule has 0 saturated carbocycles. The average Bonchev–Trinajstić information content (AvgIpc) is 3.04. The predicted octanol–water partition coefficient (Wildman–Crippen LogP) is 4.72. The number of amides is 1. The van der Waals surface area contributed by atoms with Crippen LogP contribution in [0.25, 0.3) is 6.08 Å². The SMILES string of the molecule is CCOC(=O)[O-].COc1cc(/C=C/C=C/C(=O)NCCN2CCC(OC(c3ccccc3)c3ccccc3)CC2)ccc1O. The molecule has 1 heterocycles. The minimum atomic E-state index is -1.46. The lowest BCUT2D eigenvalue weighted by molar-refractivity contribution is -0.282. The molecule has 0 spiro atoms. The van der Waals surface area contributed by atoms with Crippen molar-refractivity contribution < 1.29 is 34.0 Å². The zero-order valence-corrected chi connectivity index (χ0v) is 25.3. The number of nitrogens with zero attached hydrogens (tertiary/aromatic N) is 1. The van der Waals surface area contributed by atoms with Crippen LogP contribution in [0.15, 0.2) is 97.1 Å². The van der Waals surface area contributed by atoms with Gasteiger partial charge in [0.2, 0.25) is 5.91 Å². The van der Waals surface area contributed by atoms with Crippen LogP contribution < -0.4 is 15.2 Å². The number of phenolic OH excluding ortho intramolecular Hbond substituents is 1. The van der Waals surface area contributed by atoms with Crippen molar-refractivity contribution in [3.63, 3.8) is 0 Å². The highest BCUT2D eigenvalue weighted by molar-refractivity contribution is 5.87. The minimum Gasteiger partial charge on any atom is -0.550 e. The van der Waals surface area contributed by atoms with Crippen molar-refractivity contribution >= 4 is 18.1 Å². The molecule has 0 radical (unpaired) electrons. The minimum absolute atomic E-state index is 0.0647. The van der Waals surface area contributed by atoms with Gasteiger partial charge in [-0.05, 0) is 48.6 Å². The van der Waals surface area contributed by atoms with Gasteiger partial charge in [0.25, 0.3) is 6.16 Å². The van der Waals surface area contributed by atoms with Gasteiger partial charge in [0.15, 0.2) is 11.5 Å². The molecule has 1 saturated heterocycles. The Morgan fingerprint density at radius 1 is 1.00 bits per heavy atom. The standard InChI is InChI=1S/C32H36N2O4.C3H6O3/c1-37-30-24-25(16-17-29(30)35)10-8-9-15-31(36)33-20-23-34-21-18-28(19-22-34)38-32(26-11-4-2-5-12-26)27-13-6-3-7-14-27;1-2-6-3(4)5/h2-17,24,28,32,35H,18-23H2,1H3,(H,33,36);2H2,1H3,(H,4,5)/p-1/b10-8+,15-9+;. The van der Waals surface area contributed by atoms with Gasteiger partial charge in [0, 0.05) is 38.9 Å². The number of nitrogens with one attached hydrogen (secondary N) is 1. The Kier molecular flexibility index (Phi) is 14.5. The summed E-state index contributed by atoms with van der Waals surface area (Å²) in [5.74, 6) is 0.390. The van der Waals surface area contributed by atoms with E-state index in [4.69, 9.17) is 9.47 Å². The summed E-state index contributed by atoms with van der Waals surface area (Å²) in [4.78, 5) is 23.8. The molecule has 1 aliphatic rings.